The highest BCUT2D eigenvalue weighted by Gasteiger charge is 2.19. The minimum Gasteiger partial charge on any atom is -0.322 e. The molecule has 2 aromatic carbocycles. The summed E-state index contributed by atoms with van der Waals surface area (Å²) in [6.45, 7) is 3.84. The van der Waals surface area contributed by atoms with Gasteiger partial charge in [0.25, 0.3) is 5.91 Å². The van der Waals surface area contributed by atoms with Crippen LogP contribution in [0.4, 0.5) is 10.8 Å². The molecule has 3 aromatic rings. The number of thiazole rings is 1. The van der Waals surface area contributed by atoms with Crippen LogP contribution in [-0.4, -0.2) is 22.0 Å². The zero-order chi connectivity index (χ0) is 21.7. The Kier molecular flexibility index (Phi) is 7.77. The standard InChI is InChI=1S/C21H19Cl2N3O2S2/c1-3-18(20(28)26-21-24-12(2)11-29-21)30-15-6-4-5-14(10-15)25-19(27)16-8-7-13(22)9-17(16)23/h4-11,18H,3H2,1-2H3,(H,25,27)(H,24,26,28). The van der Waals surface area contributed by atoms with Crippen molar-refractivity contribution >= 4 is 68.9 Å². The van der Waals surface area contributed by atoms with Gasteiger partial charge in [0.15, 0.2) is 5.13 Å². The third-order valence-corrected chi connectivity index (χ3v) is 6.84. The summed E-state index contributed by atoms with van der Waals surface area (Å²) in [6.07, 6.45) is 0.651. The van der Waals surface area contributed by atoms with Crippen molar-refractivity contribution in [2.75, 3.05) is 10.6 Å². The Bertz CT molecular complexity index is 1070. The van der Waals surface area contributed by atoms with E-state index in [1.807, 2.05) is 37.4 Å². The Balaban J connectivity index is 1.67. The maximum Gasteiger partial charge on any atom is 0.257 e. The summed E-state index contributed by atoms with van der Waals surface area (Å²) >= 11 is 14.8. The number of carbonyl (C=O) groups is 2. The zero-order valence-electron chi connectivity index (χ0n) is 16.2. The van der Waals surface area contributed by atoms with Crippen LogP contribution in [-0.2, 0) is 4.79 Å². The van der Waals surface area contributed by atoms with Crippen LogP contribution < -0.4 is 10.6 Å². The molecule has 0 aliphatic heterocycles. The molecule has 1 heterocycles. The fraction of sp³-hybridized carbons (Fsp3) is 0.190. The van der Waals surface area contributed by atoms with E-state index < -0.39 is 0 Å². The summed E-state index contributed by atoms with van der Waals surface area (Å²) in [4.78, 5) is 30.3. The molecule has 0 radical (unpaired) electrons. The van der Waals surface area contributed by atoms with Gasteiger partial charge >= 0.3 is 0 Å². The first-order valence-electron chi connectivity index (χ1n) is 9.12. The summed E-state index contributed by atoms with van der Waals surface area (Å²) in [7, 11) is 0. The highest BCUT2D eigenvalue weighted by Crippen LogP contribution is 2.29. The summed E-state index contributed by atoms with van der Waals surface area (Å²) < 4.78 is 0. The van der Waals surface area contributed by atoms with Gasteiger partial charge in [0.2, 0.25) is 5.91 Å². The monoisotopic (exact) mass is 479 g/mol. The van der Waals surface area contributed by atoms with Crippen molar-refractivity contribution in [3.05, 3.63) is 69.1 Å². The first kappa shape index (κ1) is 22.6. The van der Waals surface area contributed by atoms with Crippen LogP contribution in [0, 0.1) is 6.92 Å². The van der Waals surface area contributed by atoms with Gasteiger partial charge in [0, 0.05) is 21.0 Å². The highest BCUT2D eigenvalue weighted by molar-refractivity contribution is 8.00. The van der Waals surface area contributed by atoms with E-state index in [-0.39, 0.29) is 22.1 Å². The van der Waals surface area contributed by atoms with Gasteiger partial charge in [-0.1, -0.05) is 36.2 Å². The average molecular weight is 480 g/mol. The molecular weight excluding hydrogens is 461 g/mol. The number of thioether (sulfide) groups is 1. The minimum atomic E-state index is -0.331. The third-order valence-electron chi connectivity index (χ3n) is 4.06. The predicted molar refractivity (Wildman–Crippen MR) is 126 cm³/mol. The summed E-state index contributed by atoms with van der Waals surface area (Å²) in [5, 5.41) is 8.65. The van der Waals surface area contributed by atoms with Crippen molar-refractivity contribution in [1.82, 2.24) is 4.98 Å². The van der Waals surface area contributed by atoms with Gasteiger partial charge in [-0.05, 0) is 49.7 Å². The Morgan fingerprint density at radius 3 is 2.63 bits per heavy atom. The highest BCUT2D eigenvalue weighted by atomic mass is 35.5. The molecule has 1 aromatic heterocycles. The lowest BCUT2D eigenvalue weighted by Gasteiger charge is -2.14. The van der Waals surface area contributed by atoms with E-state index in [0.717, 1.165) is 10.6 Å². The lowest BCUT2D eigenvalue weighted by molar-refractivity contribution is -0.115. The molecule has 2 N–H and O–H groups in total. The molecule has 0 saturated heterocycles. The number of anilines is 2. The largest absolute Gasteiger partial charge is 0.322 e. The number of nitrogens with zero attached hydrogens (tertiary/aromatic N) is 1. The predicted octanol–water partition coefficient (Wildman–Crippen LogP) is 6.52. The molecule has 2 amide bonds. The molecule has 1 unspecified atom stereocenters. The van der Waals surface area contributed by atoms with Gasteiger partial charge in [0.1, 0.15) is 0 Å². The molecule has 156 valence electrons. The van der Waals surface area contributed by atoms with Gasteiger partial charge in [-0.2, -0.15) is 0 Å². The van der Waals surface area contributed by atoms with E-state index in [0.29, 0.717) is 27.8 Å². The number of aromatic nitrogens is 1. The second-order valence-corrected chi connectivity index (χ2v) is 9.38. The summed E-state index contributed by atoms with van der Waals surface area (Å²) in [6, 6.07) is 12.1. The van der Waals surface area contributed by atoms with Crippen LogP contribution in [0.1, 0.15) is 29.4 Å². The van der Waals surface area contributed by atoms with Gasteiger partial charge in [0.05, 0.1) is 21.5 Å². The number of hydrogen-bond donors (Lipinski definition) is 2. The zero-order valence-corrected chi connectivity index (χ0v) is 19.4. The molecule has 0 fully saturated rings. The smallest absolute Gasteiger partial charge is 0.257 e. The Hall–Kier alpha value is -2.06. The average Bonchev–Trinajstić information content (AvgIpc) is 3.10. The molecule has 0 bridgehead atoms. The lowest BCUT2D eigenvalue weighted by atomic mass is 10.2. The summed E-state index contributed by atoms with van der Waals surface area (Å²) in [5.74, 6) is -0.429. The van der Waals surface area contributed by atoms with E-state index in [1.165, 1.54) is 29.2 Å². The minimum absolute atomic E-state index is 0.0979. The van der Waals surface area contributed by atoms with Crippen LogP contribution in [0.5, 0.6) is 0 Å². The van der Waals surface area contributed by atoms with Crippen molar-refractivity contribution in [1.29, 1.82) is 0 Å². The maximum atomic E-state index is 12.6. The molecule has 5 nitrogen and oxygen atoms in total. The topological polar surface area (TPSA) is 71.1 Å². The Morgan fingerprint density at radius 2 is 1.97 bits per heavy atom. The molecule has 1 atom stereocenters. The normalized spacial score (nSPS) is 11.7. The molecule has 30 heavy (non-hydrogen) atoms. The number of benzene rings is 2. The first-order valence-corrected chi connectivity index (χ1v) is 11.6. The van der Waals surface area contributed by atoms with Crippen LogP contribution >= 0.6 is 46.3 Å². The quantitative estimate of drug-likeness (QED) is 0.378. The van der Waals surface area contributed by atoms with Crippen molar-refractivity contribution in [2.24, 2.45) is 0 Å². The van der Waals surface area contributed by atoms with Gasteiger partial charge < -0.3 is 10.6 Å². The molecule has 3 rings (SSSR count). The molecule has 0 aliphatic carbocycles. The number of nitrogens with one attached hydrogen (secondary N) is 2. The number of aryl methyl sites for hydroxylation is 1. The van der Waals surface area contributed by atoms with E-state index in [2.05, 4.69) is 15.6 Å². The molecule has 0 spiro atoms. The van der Waals surface area contributed by atoms with Crippen LogP contribution in [0.3, 0.4) is 0 Å². The molecular formula is C21H19Cl2N3O2S2. The number of halogens is 2. The third kappa shape index (κ3) is 5.98. The Labute approximate surface area is 193 Å². The number of hydrogen-bond acceptors (Lipinski definition) is 5. The first-order chi connectivity index (χ1) is 14.4. The molecule has 9 heteroatoms. The van der Waals surface area contributed by atoms with Crippen molar-refractivity contribution in [3.63, 3.8) is 0 Å². The van der Waals surface area contributed by atoms with Crippen molar-refractivity contribution in [3.8, 4) is 0 Å². The lowest BCUT2D eigenvalue weighted by Crippen LogP contribution is -2.24. The van der Waals surface area contributed by atoms with Crippen LogP contribution in [0.15, 0.2) is 52.7 Å². The summed E-state index contributed by atoms with van der Waals surface area (Å²) in [5.41, 5.74) is 1.82. The SMILES string of the molecule is CCC(Sc1cccc(NC(=O)c2ccc(Cl)cc2Cl)c1)C(=O)Nc1nc(C)cs1. The molecule has 0 aliphatic rings. The van der Waals surface area contributed by atoms with E-state index in [4.69, 9.17) is 23.2 Å². The van der Waals surface area contributed by atoms with E-state index >= 15 is 0 Å². The van der Waals surface area contributed by atoms with Gasteiger partial charge in [-0.25, -0.2) is 4.98 Å². The van der Waals surface area contributed by atoms with Crippen LogP contribution in [0.2, 0.25) is 10.0 Å². The molecule has 0 saturated carbocycles. The second kappa shape index (κ2) is 10.3. The van der Waals surface area contributed by atoms with Crippen molar-refractivity contribution < 1.29 is 9.59 Å². The van der Waals surface area contributed by atoms with Crippen molar-refractivity contribution in [2.45, 2.75) is 30.4 Å². The van der Waals surface area contributed by atoms with E-state index in [9.17, 15) is 9.59 Å². The number of amides is 2. The number of carbonyl (C=O) groups excluding carboxylic acids is 2. The fourth-order valence-corrected chi connectivity index (χ4v) is 4.80. The van der Waals surface area contributed by atoms with Crippen LogP contribution in [0.25, 0.3) is 0 Å². The van der Waals surface area contributed by atoms with E-state index in [1.54, 1.807) is 18.2 Å². The Morgan fingerprint density at radius 1 is 1.17 bits per heavy atom. The number of rotatable bonds is 7. The second-order valence-electron chi connectivity index (χ2n) is 6.40. The maximum absolute atomic E-state index is 12.6. The van der Waals surface area contributed by atoms with Gasteiger partial charge in [-0.3, -0.25) is 9.59 Å². The fourth-order valence-electron chi connectivity index (χ4n) is 2.60. The van der Waals surface area contributed by atoms with Gasteiger partial charge in [-0.15, -0.1) is 23.1 Å².